The lowest BCUT2D eigenvalue weighted by Gasteiger charge is -2.31. The topological polar surface area (TPSA) is 28.4 Å². The van der Waals surface area contributed by atoms with Crippen molar-refractivity contribution >= 4 is 34.6 Å². The molecule has 5 heteroatoms. The molecule has 0 bridgehead atoms. The van der Waals surface area contributed by atoms with E-state index in [1.807, 2.05) is 37.3 Å². The van der Waals surface area contributed by atoms with Gasteiger partial charge in [0, 0.05) is 16.8 Å². The van der Waals surface area contributed by atoms with Crippen LogP contribution in [0.15, 0.2) is 41.0 Å². The van der Waals surface area contributed by atoms with Crippen molar-refractivity contribution in [2.24, 2.45) is 0 Å². The lowest BCUT2D eigenvalue weighted by atomic mass is 10.2. The molecule has 0 spiro atoms. The number of nitrogens with one attached hydrogen (secondary N) is 1. The summed E-state index contributed by atoms with van der Waals surface area (Å²) in [5.74, 6) is 0.934. The van der Waals surface area contributed by atoms with Crippen LogP contribution in [0, 0.1) is 6.92 Å². The van der Waals surface area contributed by atoms with Crippen LogP contribution in [0.4, 0.5) is 5.69 Å². The Kier molecular flexibility index (Phi) is 5.23. The Labute approximate surface area is 147 Å². The summed E-state index contributed by atoms with van der Waals surface area (Å²) in [6.45, 7) is 2.70. The molecule has 1 N–H and O–H groups in total. The number of anilines is 1. The van der Waals surface area contributed by atoms with Crippen LogP contribution in [0.5, 0.6) is 0 Å². The first-order chi connectivity index (χ1) is 11.1. The zero-order chi connectivity index (χ0) is 16.2. The Morgan fingerprint density at radius 3 is 2.78 bits per heavy atom. The fourth-order valence-electron chi connectivity index (χ4n) is 3.08. The van der Waals surface area contributed by atoms with E-state index in [1.54, 1.807) is 6.26 Å². The fourth-order valence-corrected chi connectivity index (χ4v) is 3.58. The highest BCUT2D eigenvalue weighted by molar-refractivity contribution is 7.80. The van der Waals surface area contributed by atoms with E-state index in [-0.39, 0.29) is 0 Å². The summed E-state index contributed by atoms with van der Waals surface area (Å²) in [6, 6.07) is 10.2. The highest BCUT2D eigenvalue weighted by atomic mass is 35.5. The van der Waals surface area contributed by atoms with Gasteiger partial charge in [-0.05, 0) is 61.8 Å². The van der Waals surface area contributed by atoms with E-state index in [0.29, 0.717) is 12.6 Å². The summed E-state index contributed by atoms with van der Waals surface area (Å²) in [4.78, 5) is 2.25. The van der Waals surface area contributed by atoms with E-state index in [1.165, 1.54) is 25.7 Å². The van der Waals surface area contributed by atoms with Crippen molar-refractivity contribution < 1.29 is 4.42 Å². The van der Waals surface area contributed by atoms with Crippen molar-refractivity contribution in [3.63, 3.8) is 0 Å². The van der Waals surface area contributed by atoms with Crippen LogP contribution in [0.2, 0.25) is 5.02 Å². The molecule has 0 saturated heterocycles. The largest absolute Gasteiger partial charge is 0.467 e. The molecule has 0 unspecified atom stereocenters. The lowest BCUT2D eigenvalue weighted by Crippen LogP contribution is -2.41. The van der Waals surface area contributed by atoms with Gasteiger partial charge in [0.05, 0.1) is 12.8 Å². The monoisotopic (exact) mass is 348 g/mol. The van der Waals surface area contributed by atoms with Gasteiger partial charge in [-0.1, -0.05) is 30.5 Å². The molecule has 23 heavy (non-hydrogen) atoms. The third-order valence-corrected chi connectivity index (χ3v) is 5.19. The molecule has 3 nitrogen and oxygen atoms in total. The first kappa shape index (κ1) is 16.3. The Morgan fingerprint density at radius 2 is 2.09 bits per heavy atom. The van der Waals surface area contributed by atoms with Gasteiger partial charge in [-0.15, -0.1) is 0 Å². The van der Waals surface area contributed by atoms with Crippen LogP contribution in [-0.4, -0.2) is 16.1 Å². The molecule has 1 aromatic carbocycles. The second-order valence-electron chi connectivity index (χ2n) is 5.99. The number of rotatable bonds is 4. The summed E-state index contributed by atoms with van der Waals surface area (Å²) in [5.41, 5.74) is 1.98. The van der Waals surface area contributed by atoms with Gasteiger partial charge in [0.2, 0.25) is 0 Å². The normalized spacial score (nSPS) is 14.9. The molecule has 0 radical (unpaired) electrons. The van der Waals surface area contributed by atoms with E-state index >= 15 is 0 Å². The van der Waals surface area contributed by atoms with Gasteiger partial charge in [-0.25, -0.2) is 0 Å². The molecular weight excluding hydrogens is 328 g/mol. The van der Waals surface area contributed by atoms with Gasteiger partial charge in [-0.3, -0.25) is 0 Å². The first-order valence-electron chi connectivity index (χ1n) is 8.00. The molecule has 1 aliphatic rings. The number of hydrogen-bond donors (Lipinski definition) is 1. The Hall–Kier alpha value is -1.52. The maximum Gasteiger partial charge on any atom is 0.174 e. The van der Waals surface area contributed by atoms with Crippen molar-refractivity contribution in [2.45, 2.75) is 45.2 Å². The molecule has 0 atom stereocenters. The van der Waals surface area contributed by atoms with E-state index in [9.17, 15) is 0 Å². The van der Waals surface area contributed by atoms with Crippen molar-refractivity contribution in [1.29, 1.82) is 0 Å². The predicted molar refractivity (Wildman–Crippen MR) is 98.9 cm³/mol. The maximum atomic E-state index is 6.21. The Bertz CT molecular complexity index is 666. The van der Waals surface area contributed by atoms with Crippen molar-refractivity contribution in [3.8, 4) is 0 Å². The summed E-state index contributed by atoms with van der Waals surface area (Å²) >= 11 is 11.9. The summed E-state index contributed by atoms with van der Waals surface area (Å²) in [5, 5.41) is 4.85. The number of halogens is 1. The lowest BCUT2D eigenvalue weighted by molar-refractivity contribution is 0.286. The third-order valence-electron chi connectivity index (χ3n) is 4.44. The van der Waals surface area contributed by atoms with Crippen LogP contribution in [0.25, 0.3) is 0 Å². The molecule has 1 heterocycles. The first-order valence-corrected chi connectivity index (χ1v) is 8.79. The standard InChI is InChI=1S/C18H21ClN2OS/c1-13-16(19)9-4-10-17(13)20-18(23)21(14-6-2-3-7-14)12-15-8-5-11-22-15/h4-5,8-11,14H,2-3,6-7,12H2,1H3,(H,20,23). The van der Waals surface area contributed by atoms with Crippen molar-refractivity contribution in [3.05, 3.63) is 52.9 Å². The zero-order valence-electron chi connectivity index (χ0n) is 13.2. The van der Waals surface area contributed by atoms with Crippen LogP contribution < -0.4 is 5.32 Å². The van der Waals surface area contributed by atoms with E-state index in [4.69, 9.17) is 28.2 Å². The van der Waals surface area contributed by atoms with Gasteiger partial charge in [-0.2, -0.15) is 0 Å². The fraction of sp³-hybridized carbons (Fsp3) is 0.389. The molecular formula is C18H21ClN2OS. The third kappa shape index (κ3) is 3.88. The minimum atomic E-state index is 0.472. The number of benzene rings is 1. The number of nitrogens with zero attached hydrogens (tertiary/aromatic N) is 1. The predicted octanol–water partition coefficient (Wildman–Crippen LogP) is 5.38. The van der Waals surface area contributed by atoms with Gasteiger partial charge < -0.3 is 14.6 Å². The van der Waals surface area contributed by atoms with Crippen LogP contribution >= 0.6 is 23.8 Å². The molecule has 1 aromatic heterocycles. The van der Waals surface area contributed by atoms with Crippen LogP contribution in [-0.2, 0) is 6.54 Å². The average molecular weight is 349 g/mol. The van der Waals surface area contributed by atoms with E-state index in [0.717, 1.165) is 27.1 Å². The highest BCUT2D eigenvalue weighted by Gasteiger charge is 2.25. The molecule has 3 rings (SSSR count). The maximum absolute atomic E-state index is 6.21. The molecule has 122 valence electrons. The zero-order valence-corrected chi connectivity index (χ0v) is 14.8. The van der Waals surface area contributed by atoms with E-state index < -0.39 is 0 Å². The molecule has 2 aromatic rings. The second kappa shape index (κ2) is 7.37. The molecule has 1 saturated carbocycles. The molecule has 1 fully saturated rings. The average Bonchev–Trinajstić information content (AvgIpc) is 3.22. The Balaban J connectivity index is 1.77. The Morgan fingerprint density at radius 1 is 1.30 bits per heavy atom. The second-order valence-corrected chi connectivity index (χ2v) is 6.78. The van der Waals surface area contributed by atoms with Gasteiger partial charge in [0.1, 0.15) is 5.76 Å². The summed E-state index contributed by atoms with van der Waals surface area (Å²) in [7, 11) is 0. The van der Waals surface area contributed by atoms with Crippen molar-refractivity contribution in [2.75, 3.05) is 5.32 Å². The van der Waals surface area contributed by atoms with Crippen molar-refractivity contribution in [1.82, 2.24) is 4.90 Å². The quantitative estimate of drug-likeness (QED) is 0.750. The van der Waals surface area contributed by atoms with E-state index in [2.05, 4.69) is 10.2 Å². The van der Waals surface area contributed by atoms with Gasteiger partial charge >= 0.3 is 0 Å². The molecule has 0 aliphatic heterocycles. The molecule has 0 amide bonds. The number of furan rings is 1. The van der Waals surface area contributed by atoms with Gasteiger partial charge in [0.15, 0.2) is 5.11 Å². The van der Waals surface area contributed by atoms with Crippen LogP contribution in [0.1, 0.15) is 37.0 Å². The summed E-state index contributed by atoms with van der Waals surface area (Å²) in [6.07, 6.45) is 6.59. The number of thiocarbonyl (C=S) groups is 1. The minimum Gasteiger partial charge on any atom is -0.467 e. The van der Waals surface area contributed by atoms with Gasteiger partial charge in [0.25, 0.3) is 0 Å². The highest BCUT2D eigenvalue weighted by Crippen LogP contribution is 2.28. The van der Waals surface area contributed by atoms with Crippen LogP contribution in [0.3, 0.4) is 0 Å². The summed E-state index contributed by atoms with van der Waals surface area (Å²) < 4.78 is 5.52. The smallest absolute Gasteiger partial charge is 0.174 e. The minimum absolute atomic E-state index is 0.472. The number of hydrogen-bond acceptors (Lipinski definition) is 2. The molecule has 1 aliphatic carbocycles. The SMILES string of the molecule is Cc1c(Cl)cccc1NC(=S)N(Cc1ccco1)C1CCCC1.